The third-order valence-electron chi connectivity index (χ3n) is 2.60. The van der Waals surface area contributed by atoms with E-state index in [-0.39, 0.29) is 20.3 Å². The van der Waals surface area contributed by atoms with Gasteiger partial charge < -0.3 is 1.43 Å². The Morgan fingerprint density at radius 2 is 1.82 bits per heavy atom. The van der Waals surface area contributed by atoms with Gasteiger partial charge in [-0.25, -0.2) is 0 Å². The van der Waals surface area contributed by atoms with Gasteiger partial charge in [0.1, 0.15) is 0 Å². The predicted octanol–water partition coefficient (Wildman–Crippen LogP) is -1.08. The molecule has 0 bridgehead atoms. The zero-order valence-corrected chi connectivity index (χ0v) is 7.42. The van der Waals surface area contributed by atoms with Gasteiger partial charge in [0.25, 0.3) is 0 Å². The van der Waals surface area contributed by atoms with Crippen molar-refractivity contribution in [3.63, 3.8) is 0 Å². The van der Waals surface area contributed by atoms with Crippen LogP contribution in [0.2, 0.25) is 0 Å². The molecular weight excluding hydrogens is 129 g/mol. The smallest absolute Gasteiger partial charge is 1.00 e. The topological polar surface area (TPSA) is 3.24 Å². The first-order valence-corrected chi connectivity index (χ1v) is 4.37. The standard InChI is InChI=1S/C9H15N.Li.H/c1-2-7-10(8-3-1)9-5-4-6-9;;/h4-5,9H,1-3,6-8H2;;/q;+1;-1. The van der Waals surface area contributed by atoms with Gasteiger partial charge in [-0.2, -0.15) is 0 Å². The van der Waals surface area contributed by atoms with Crippen LogP contribution in [0.5, 0.6) is 0 Å². The molecule has 1 heterocycles. The van der Waals surface area contributed by atoms with Crippen molar-refractivity contribution in [2.45, 2.75) is 31.7 Å². The van der Waals surface area contributed by atoms with Gasteiger partial charge >= 0.3 is 18.9 Å². The Labute approximate surface area is 82.5 Å². The minimum absolute atomic E-state index is 0. The van der Waals surface area contributed by atoms with Crippen LogP contribution in [-0.2, 0) is 0 Å². The van der Waals surface area contributed by atoms with Gasteiger partial charge in [-0.15, -0.1) is 0 Å². The summed E-state index contributed by atoms with van der Waals surface area (Å²) in [6, 6.07) is 0.820. The maximum absolute atomic E-state index is 2.61. The van der Waals surface area contributed by atoms with Crippen LogP contribution in [0, 0.1) is 0 Å². The second-order valence-electron chi connectivity index (χ2n) is 3.33. The number of piperidine rings is 1. The van der Waals surface area contributed by atoms with Crippen LogP contribution in [0.1, 0.15) is 27.1 Å². The molecule has 1 aliphatic heterocycles. The van der Waals surface area contributed by atoms with E-state index >= 15 is 0 Å². The average molecular weight is 145 g/mol. The molecule has 1 aliphatic carbocycles. The van der Waals surface area contributed by atoms with Gasteiger partial charge in [0.05, 0.1) is 0 Å². The molecule has 2 rings (SSSR count). The predicted molar refractivity (Wildman–Crippen MR) is 44.1 cm³/mol. The van der Waals surface area contributed by atoms with E-state index in [0.717, 1.165) is 6.04 Å². The van der Waals surface area contributed by atoms with Gasteiger partial charge in [0.15, 0.2) is 0 Å². The minimum Gasteiger partial charge on any atom is -1.00 e. The molecule has 0 radical (unpaired) electrons. The van der Waals surface area contributed by atoms with Gasteiger partial charge in [-0.05, 0) is 32.4 Å². The Kier molecular flexibility index (Phi) is 3.72. The van der Waals surface area contributed by atoms with Gasteiger partial charge in [-0.1, -0.05) is 18.6 Å². The first kappa shape index (κ1) is 9.39. The largest absolute Gasteiger partial charge is 1.00 e. The summed E-state index contributed by atoms with van der Waals surface area (Å²) < 4.78 is 0. The number of hydrogen-bond donors (Lipinski definition) is 0. The SMILES string of the molecule is C1=CC(N2CCCCC2)C1.[H-].[Li+]. The zero-order valence-electron chi connectivity index (χ0n) is 8.42. The first-order chi connectivity index (χ1) is 4.97. The molecule has 0 saturated carbocycles. The summed E-state index contributed by atoms with van der Waals surface area (Å²) in [6.07, 6.45) is 10.2. The van der Waals surface area contributed by atoms with Crippen LogP contribution in [0.15, 0.2) is 12.2 Å². The molecule has 1 unspecified atom stereocenters. The summed E-state index contributed by atoms with van der Waals surface area (Å²) in [6.45, 7) is 2.68. The molecule has 1 saturated heterocycles. The number of nitrogens with zero attached hydrogens (tertiary/aromatic N) is 1. The van der Waals surface area contributed by atoms with Crippen LogP contribution in [0.25, 0.3) is 0 Å². The Balaban J connectivity index is 0.000000605. The summed E-state index contributed by atoms with van der Waals surface area (Å²) >= 11 is 0. The maximum atomic E-state index is 2.61. The van der Waals surface area contributed by atoms with Crippen molar-refractivity contribution < 1.29 is 20.3 Å². The second kappa shape index (κ2) is 4.35. The van der Waals surface area contributed by atoms with Crippen molar-refractivity contribution in [3.05, 3.63) is 12.2 Å². The van der Waals surface area contributed by atoms with E-state index in [1.807, 2.05) is 0 Å². The van der Waals surface area contributed by atoms with E-state index in [0.29, 0.717) is 0 Å². The van der Waals surface area contributed by atoms with Crippen LogP contribution in [-0.4, -0.2) is 24.0 Å². The monoisotopic (exact) mass is 145 g/mol. The molecule has 58 valence electrons. The van der Waals surface area contributed by atoms with Crippen molar-refractivity contribution in [1.82, 2.24) is 4.90 Å². The zero-order chi connectivity index (χ0) is 6.81. The number of likely N-dealkylation sites (tertiary alicyclic amines) is 1. The molecule has 0 N–H and O–H groups in total. The summed E-state index contributed by atoms with van der Waals surface area (Å²) in [5, 5.41) is 0. The molecule has 1 atom stereocenters. The average Bonchev–Trinajstić information content (AvgIpc) is 1.86. The maximum Gasteiger partial charge on any atom is 1.00 e. The molecule has 0 aromatic rings. The van der Waals surface area contributed by atoms with Crippen molar-refractivity contribution in [2.24, 2.45) is 0 Å². The summed E-state index contributed by atoms with van der Waals surface area (Å²) in [4.78, 5) is 2.61. The molecule has 0 aromatic carbocycles. The second-order valence-corrected chi connectivity index (χ2v) is 3.33. The van der Waals surface area contributed by atoms with E-state index in [2.05, 4.69) is 17.1 Å². The molecular formula is C9H16LiN. The summed E-state index contributed by atoms with van der Waals surface area (Å²) in [5.74, 6) is 0. The van der Waals surface area contributed by atoms with E-state index < -0.39 is 0 Å². The fourth-order valence-corrected chi connectivity index (χ4v) is 1.78. The molecule has 0 spiro atoms. The van der Waals surface area contributed by atoms with Gasteiger partial charge in [0, 0.05) is 6.04 Å². The fourth-order valence-electron chi connectivity index (χ4n) is 1.78. The fraction of sp³-hybridized carbons (Fsp3) is 0.778. The van der Waals surface area contributed by atoms with Gasteiger partial charge in [0.2, 0.25) is 0 Å². The van der Waals surface area contributed by atoms with Crippen LogP contribution in [0.4, 0.5) is 0 Å². The number of hydrogen-bond acceptors (Lipinski definition) is 1. The van der Waals surface area contributed by atoms with E-state index in [1.54, 1.807) is 0 Å². The third kappa shape index (κ3) is 2.12. The van der Waals surface area contributed by atoms with Crippen molar-refractivity contribution >= 4 is 0 Å². The molecule has 11 heavy (non-hydrogen) atoms. The Morgan fingerprint density at radius 3 is 2.27 bits per heavy atom. The Bertz CT molecular complexity index is 143. The molecule has 2 heteroatoms. The quantitative estimate of drug-likeness (QED) is 0.335. The van der Waals surface area contributed by atoms with Crippen molar-refractivity contribution in [1.29, 1.82) is 0 Å². The number of rotatable bonds is 1. The normalized spacial score (nSPS) is 30.7. The molecule has 0 amide bonds. The van der Waals surface area contributed by atoms with Crippen LogP contribution < -0.4 is 18.9 Å². The van der Waals surface area contributed by atoms with Crippen LogP contribution >= 0.6 is 0 Å². The summed E-state index contributed by atoms with van der Waals surface area (Å²) in [5.41, 5.74) is 0. The van der Waals surface area contributed by atoms with E-state index in [4.69, 9.17) is 0 Å². The van der Waals surface area contributed by atoms with Crippen molar-refractivity contribution in [2.75, 3.05) is 13.1 Å². The third-order valence-corrected chi connectivity index (χ3v) is 2.60. The van der Waals surface area contributed by atoms with E-state index in [1.165, 1.54) is 38.8 Å². The Morgan fingerprint density at radius 1 is 1.18 bits per heavy atom. The molecule has 1 fully saturated rings. The van der Waals surface area contributed by atoms with Gasteiger partial charge in [-0.3, -0.25) is 4.90 Å². The molecule has 0 aromatic heterocycles. The molecule has 1 nitrogen and oxygen atoms in total. The summed E-state index contributed by atoms with van der Waals surface area (Å²) in [7, 11) is 0. The first-order valence-electron chi connectivity index (χ1n) is 4.37. The molecule has 2 aliphatic rings. The van der Waals surface area contributed by atoms with E-state index in [9.17, 15) is 0 Å². The van der Waals surface area contributed by atoms with Crippen molar-refractivity contribution in [3.8, 4) is 0 Å². The Hall–Kier alpha value is 0.297. The van der Waals surface area contributed by atoms with Crippen LogP contribution in [0.3, 0.4) is 0 Å². The minimum atomic E-state index is 0.